The predicted octanol–water partition coefficient (Wildman–Crippen LogP) is 3.66. The molecule has 0 saturated heterocycles. The molecular weight excluding hydrogens is 350 g/mol. The first-order chi connectivity index (χ1) is 11.9. The second-order valence-electron chi connectivity index (χ2n) is 5.01. The van der Waals surface area contributed by atoms with Crippen LogP contribution in [-0.4, -0.2) is 24.7 Å². The highest BCUT2D eigenvalue weighted by molar-refractivity contribution is 8.00. The minimum absolute atomic E-state index is 0.0204. The number of hydrogen-bond acceptors (Lipinski definition) is 4. The Morgan fingerprint density at radius 1 is 1.08 bits per heavy atom. The van der Waals surface area contributed by atoms with E-state index < -0.39 is 11.6 Å². The lowest BCUT2D eigenvalue weighted by molar-refractivity contribution is -0.114. The van der Waals surface area contributed by atoms with E-state index in [1.165, 1.54) is 20.1 Å². The quantitative estimate of drug-likeness (QED) is 0.766. The Kier molecular flexibility index (Phi) is 6.35. The van der Waals surface area contributed by atoms with Gasteiger partial charge in [0.1, 0.15) is 5.75 Å². The van der Waals surface area contributed by atoms with Crippen molar-refractivity contribution in [3.63, 3.8) is 0 Å². The molecule has 2 N–H and O–H groups in total. The van der Waals surface area contributed by atoms with Crippen molar-refractivity contribution < 1.29 is 23.1 Å². The molecule has 2 amide bonds. The Bertz CT molecular complexity index is 799. The zero-order valence-corrected chi connectivity index (χ0v) is 14.4. The SMILES string of the molecule is COc1ccc(NC(=O)CSc2ccc(F)c(F)c2)cc1NC(C)=O. The van der Waals surface area contributed by atoms with Crippen LogP contribution in [0.3, 0.4) is 0 Å². The van der Waals surface area contributed by atoms with Crippen molar-refractivity contribution in [1.29, 1.82) is 0 Å². The Morgan fingerprint density at radius 2 is 1.84 bits per heavy atom. The van der Waals surface area contributed by atoms with Crippen LogP contribution in [-0.2, 0) is 9.59 Å². The van der Waals surface area contributed by atoms with Crippen molar-refractivity contribution in [2.75, 3.05) is 23.5 Å². The minimum atomic E-state index is -0.958. The van der Waals surface area contributed by atoms with Crippen LogP contribution in [0, 0.1) is 11.6 Å². The lowest BCUT2D eigenvalue weighted by atomic mass is 10.2. The number of hydrogen-bond donors (Lipinski definition) is 2. The van der Waals surface area contributed by atoms with Crippen molar-refractivity contribution >= 4 is 35.0 Å². The van der Waals surface area contributed by atoms with Gasteiger partial charge in [-0.15, -0.1) is 11.8 Å². The van der Waals surface area contributed by atoms with E-state index in [0.29, 0.717) is 22.0 Å². The Balaban J connectivity index is 1.99. The van der Waals surface area contributed by atoms with E-state index in [-0.39, 0.29) is 17.6 Å². The number of amides is 2. The number of thioether (sulfide) groups is 1. The largest absolute Gasteiger partial charge is 0.495 e. The van der Waals surface area contributed by atoms with Gasteiger partial charge in [-0.05, 0) is 36.4 Å². The van der Waals surface area contributed by atoms with Gasteiger partial charge in [-0.25, -0.2) is 8.78 Å². The topological polar surface area (TPSA) is 67.4 Å². The normalized spacial score (nSPS) is 10.2. The number of rotatable bonds is 6. The number of methoxy groups -OCH3 is 1. The maximum absolute atomic E-state index is 13.1. The van der Waals surface area contributed by atoms with Crippen molar-refractivity contribution in [2.45, 2.75) is 11.8 Å². The van der Waals surface area contributed by atoms with Crippen molar-refractivity contribution in [3.05, 3.63) is 48.0 Å². The van der Waals surface area contributed by atoms with Gasteiger partial charge in [0, 0.05) is 17.5 Å². The summed E-state index contributed by atoms with van der Waals surface area (Å²) in [7, 11) is 1.47. The van der Waals surface area contributed by atoms with Crippen LogP contribution in [0.25, 0.3) is 0 Å². The molecule has 0 spiro atoms. The summed E-state index contributed by atoms with van der Waals surface area (Å²) >= 11 is 1.08. The summed E-state index contributed by atoms with van der Waals surface area (Å²) in [5.41, 5.74) is 0.904. The van der Waals surface area contributed by atoms with Gasteiger partial charge in [-0.2, -0.15) is 0 Å². The Labute approximate surface area is 147 Å². The molecule has 0 atom stereocenters. The summed E-state index contributed by atoms with van der Waals surface area (Å²) < 4.78 is 31.1. The second kappa shape index (κ2) is 8.48. The van der Waals surface area contributed by atoms with E-state index in [0.717, 1.165) is 23.9 Å². The number of ether oxygens (including phenoxy) is 1. The van der Waals surface area contributed by atoms with Crippen molar-refractivity contribution in [1.82, 2.24) is 0 Å². The molecule has 0 radical (unpaired) electrons. The van der Waals surface area contributed by atoms with Gasteiger partial charge < -0.3 is 15.4 Å². The highest BCUT2D eigenvalue weighted by atomic mass is 32.2. The number of carbonyl (C=O) groups excluding carboxylic acids is 2. The smallest absolute Gasteiger partial charge is 0.234 e. The summed E-state index contributed by atoms with van der Waals surface area (Å²) in [6, 6.07) is 8.26. The summed E-state index contributed by atoms with van der Waals surface area (Å²) in [5.74, 6) is -2.00. The van der Waals surface area contributed by atoms with E-state index in [1.54, 1.807) is 18.2 Å². The van der Waals surface area contributed by atoms with E-state index in [2.05, 4.69) is 10.6 Å². The Hall–Kier alpha value is -2.61. The molecule has 2 aromatic carbocycles. The molecule has 2 rings (SSSR count). The molecule has 0 saturated carbocycles. The zero-order valence-electron chi connectivity index (χ0n) is 13.6. The van der Waals surface area contributed by atoms with Gasteiger partial charge in [-0.1, -0.05) is 0 Å². The average Bonchev–Trinajstić information content (AvgIpc) is 2.56. The summed E-state index contributed by atoms with van der Waals surface area (Å²) in [6.45, 7) is 1.36. The van der Waals surface area contributed by atoms with Crippen LogP contribution in [0.2, 0.25) is 0 Å². The summed E-state index contributed by atoms with van der Waals surface area (Å²) in [5, 5.41) is 5.28. The molecule has 8 heteroatoms. The molecule has 132 valence electrons. The molecule has 0 bridgehead atoms. The fourth-order valence-corrected chi connectivity index (χ4v) is 2.71. The monoisotopic (exact) mass is 366 g/mol. The van der Waals surface area contributed by atoms with Crippen LogP contribution >= 0.6 is 11.8 Å². The van der Waals surface area contributed by atoms with E-state index in [1.807, 2.05) is 0 Å². The van der Waals surface area contributed by atoms with Crippen LogP contribution in [0.15, 0.2) is 41.3 Å². The first-order valence-corrected chi connectivity index (χ1v) is 8.21. The first kappa shape index (κ1) is 18.7. The molecule has 0 aliphatic carbocycles. The second-order valence-corrected chi connectivity index (χ2v) is 6.06. The lowest BCUT2D eigenvalue weighted by Crippen LogP contribution is -2.14. The molecule has 2 aromatic rings. The minimum Gasteiger partial charge on any atom is -0.495 e. The number of carbonyl (C=O) groups is 2. The lowest BCUT2D eigenvalue weighted by Gasteiger charge is -2.12. The maximum Gasteiger partial charge on any atom is 0.234 e. The molecule has 5 nitrogen and oxygen atoms in total. The zero-order chi connectivity index (χ0) is 18.4. The molecule has 0 fully saturated rings. The molecular formula is C17H16F2N2O3S. The third-order valence-electron chi connectivity index (χ3n) is 3.05. The first-order valence-electron chi connectivity index (χ1n) is 7.22. The van der Waals surface area contributed by atoms with Crippen LogP contribution < -0.4 is 15.4 Å². The summed E-state index contributed by atoms with van der Waals surface area (Å²) in [4.78, 5) is 23.7. The molecule has 0 aromatic heterocycles. The van der Waals surface area contributed by atoms with E-state index in [4.69, 9.17) is 4.74 Å². The van der Waals surface area contributed by atoms with Gasteiger partial charge >= 0.3 is 0 Å². The number of halogens is 2. The molecule has 25 heavy (non-hydrogen) atoms. The van der Waals surface area contributed by atoms with Crippen molar-refractivity contribution in [3.8, 4) is 5.75 Å². The average molecular weight is 366 g/mol. The number of benzene rings is 2. The number of nitrogens with one attached hydrogen (secondary N) is 2. The third-order valence-corrected chi connectivity index (χ3v) is 4.05. The van der Waals surface area contributed by atoms with Crippen molar-refractivity contribution in [2.24, 2.45) is 0 Å². The molecule has 0 heterocycles. The van der Waals surface area contributed by atoms with Gasteiger partial charge in [0.15, 0.2) is 11.6 Å². The third kappa shape index (κ3) is 5.46. The fourth-order valence-electron chi connectivity index (χ4n) is 1.99. The summed E-state index contributed by atoms with van der Waals surface area (Å²) in [6.07, 6.45) is 0. The maximum atomic E-state index is 13.1. The van der Waals surface area contributed by atoms with E-state index >= 15 is 0 Å². The van der Waals surface area contributed by atoms with Crippen LogP contribution in [0.1, 0.15) is 6.92 Å². The van der Waals surface area contributed by atoms with Gasteiger partial charge in [-0.3, -0.25) is 9.59 Å². The van der Waals surface area contributed by atoms with Gasteiger partial charge in [0.25, 0.3) is 0 Å². The van der Waals surface area contributed by atoms with Gasteiger partial charge in [0.2, 0.25) is 11.8 Å². The molecule has 0 aliphatic rings. The van der Waals surface area contributed by atoms with Gasteiger partial charge in [0.05, 0.1) is 18.6 Å². The molecule has 0 unspecified atom stereocenters. The highest BCUT2D eigenvalue weighted by Crippen LogP contribution is 2.28. The molecule has 0 aliphatic heterocycles. The fraction of sp³-hybridized carbons (Fsp3) is 0.176. The predicted molar refractivity (Wildman–Crippen MR) is 93.0 cm³/mol. The standard InChI is InChI=1S/C17H16F2N2O3S/c1-10(22)20-15-7-11(3-6-16(15)24-2)21-17(23)9-25-12-4-5-13(18)14(19)8-12/h3-8H,9H2,1-2H3,(H,20,22)(H,21,23). The van der Waals surface area contributed by atoms with E-state index in [9.17, 15) is 18.4 Å². The number of anilines is 2. The highest BCUT2D eigenvalue weighted by Gasteiger charge is 2.10. The Morgan fingerprint density at radius 3 is 2.48 bits per heavy atom. The van der Waals surface area contributed by atoms with Crippen LogP contribution in [0.5, 0.6) is 5.75 Å². The van der Waals surface area contributed by atoms with Crippen LogP contribution in [0.4, 0.5) is 20.2 Å².